The fourth-order valence-corrected chi connectivity index (χ4v) is 3.10. The van der Waals surface area contributed by atoms with Crippen LogP contribution in [0.2, 0.25) is 5.02 Å². The SMILES string of the molecule is CNC(Cc1cc(Cl)ccc1OC)c1ccc(F)cc1Br. The molecule has 2 rings (SSSR count). The van der Waals surface area contributed by atoms with Crippen LogP contribution in [0.4, 0.5) is 4.39 Å². The van der Waals surface area contributed by atoms with Crippen molar-refractivity contribution in [3.8, 4) is 5.75 Å². The highest BCUT2D eigenvalue weighted by molar-refractivity contribution is 9.10. The number of benzene rings is 2. The van der Waals surface area contributed by atoms with Gasteiger partial charge in [0.2, 0.25) is 0 Å². The maximum Gasteiger partial charge on any atom is 0.124 e. The van der Waals surface area contributed by atoms with Crippen molar-refractivity contribution in [1.82, 2.24) is 5.32 Å². The first-order chi connectivity index (χ1) is 10.0. The van der Waals surface area contributed by atoms with Gasteiger partial charge < -0.3 is 10.1 Å². The van der Waals surface area contributed by atoms with E-state index in [-0.39, 0.29) is 11.9 Å². The monoisotopic (exact) mass is 371 g/mol. The number of methoxy groups -OCH3 is 1. The molecule has 1 atom stereocenters. The summed E-state index contributed by atoms with van der Waals surface area (Å²) in [5, 5.41) is 3.91. The van der Waals surface area contributed by atoms with Gasteiger partial charge in [0.25, 0.3) is 0 Å². The molecule has 0 bridgehead atoms. The third-order valence-corrected chi connectivity index (χ3v) is 4.27. The third-order valence-electron chi connectivity index (χ3n) is 3.35. The molecule has 21 heavy (non-hydrogen) atoms. The van der Waals surface area contributed by atoms with E-state index in [0.29, 0.717) is 11.4 Å². The Balaban J connectivity index is 2.33. The van der Waals surface area contributed by atoms with E-state index in [0.717, 1.165) is 21.3 Å². The number of nitrogens with one attached hydrogen (secondary N) is 1. The summed E-state index contributed by atoms with van der Waals surface area (Å²) in [5.41, 5.74) is 1.99. The van der Waals surface area contributed by atoms with Crippen molar-refractivity contribution in [1.29, 1.82) is 0 Å². The van der Waals surface area contributed by atoms with Crippen molar-refractivity contribution < 1.29 is 9.13 Å². The predicted molar refractivity (Wildman–Crippen MR) is 87.6 cm³/mol. The molecule has 112 valence electrons. The lowest BCUT2D eigenvalue weighted by Crippen LogP contribution is -2.19. The van der Waals surface area contributed by atoms with Crippen molar-refractivity contribution in [2.45, 2.75) is 12.5 Å². The lowest BCUT2D eigenvalue weighted by atomic mass is 9.98. The Morgan fingerprint density at radius 2 is 2.05 bits per heavy atom. The molecule has 0 heterocycles. The molecule has 2 nitrogen and oxygen atoms in total. The van der Waals surface area contributed by atoms with Gasteiger partial charge in [-0.05, 0) is 54.9 Å². The Labute approximate surface area is 137 Å². The fourth-order valence-electron chi connectivity index (χ4n) is 2.28. The molecule has 0 saturated heterocycles. The van der Waals surface area contributed by atoms with Crippen LogP contribution in [0.1, 0.15) is 17.2 Å². The van der Waals surface area contributed by atoms with Crippen molar-refractivity contribution in [3.63, 3.8) is 0 Å². The molecule has 0 spiro atoms. The second-order valence-electron chi connectivity index (χ2n) is 4.67. The van der Waals surface area contributed by atoms with Crippen LogP contribution in [0.5, 0.6) is 5.75 Å². The maximum absolute atomic E-state index is 13.2. The summed E-state index contributed by atoms with van der Waals surface area (Å²) in [4.78, 5) is 0. The molecule has 0 aliphatic carbocycles. The Bertz CT molecular complexity index is 636. The van der Waals surface area contributed by atoms with Gasteiger partial charge in [0.05, 0.1) is 7.11 Å². The minimum Gasteiger partial charge on any atom is -0.496 e. The second kappa shape index (κ2) is 7.25. The zero-order chi connectivity index (χ0) is 15.4. The summed E-state index contributed by atoms with van der Waals surface area (Å²) < 4.78 is 19.3. The zero-order valence-corrected chi connectivity index (χ0v) is 14.1. The summed E-state index contributed by atoms with van der Waals surface area (Å²) in [7, 11) is 3.51. The maximum atomic E-state index is 13.2. The molecule has 0 fully saturated rings. The highest BCUT2D eigenvalue weighted by atomic mass is 79.9. The van der Waals surface area contributed by atoms with Gasteiger partial charge in [-0.15, -0.1) is 0 Å². The van der Waals surface area contributed by atoms with Crippen LogP contribution in [0, 0.1) is 5.82 Å². The second-order valence-corrected chi connectivity index (χ2v) is 5.96. The van der Waals surface area contributed by atoms with Crippen molar-refractivity contribution in [3.05, 3.63) is 62.8 Å². The minimum absolute atomic E-state index is 0.0207. The summed E-state index contributed by atoms with van der Waals surface area (Å²) in [6.07, 6.45) is 0.685. The molecule has 0 saturated carbocycles. The van der Waals surface area contributed by atoms with Crippen LogP contribution in [-0.2, 0) is 6.42 Å². The molecule has 0 radical (unpaired) electrons. The molecule has 0 amide bonds. The predicted octanol–water partition coefficient (Wildman–Crippen LogP) is 4.75. The van der Waals surface area contributed by atoms with Gasteiger partial charge in [-0.2, -0.15) is 0 Å². The van der Waals surface area contributed by atoms with E-state index in [1.165, 1.54) is 12.1 Å². The highest BCUT2D eigenvalue weighted by Gasteiger charge is 2.16. The third kappa shape index (κ3) is 3.96. The number of likely N-dealkylation sites (N-methyl/N-ethyl adjacent to an activating group) is 1. The zero-order valence-electron chi connectivity index (χ0n) is 11.8. The van der Waals surface area contributed by atoms with Gasteiger partial charge in [0.15, 0.2) is 0 Å². The Morgan fingerprint density at radius 3 is 2.67 bits per heavy atom. The number of rotatable bonds is 5. The van der Waals surface area contributed by atoms with Crippen LogP contribution < -0.4 is 10.1 Å². The van der Waals surface area contributed by atoms with E-state index in [4.69, 9.17) is 16.3 Å². The van der Waals surface area contributed by atoms with Gasteiger partial charge >= 0.3 is 0 Å². The lowest BCUT2D eigenvalue weighted by molar-refractivity contribution is 0.406. The summed E-state index contributed by atoms with van der Waals surface area (Å²) in [6.45, 7) is 0. The molecule has 0 aliphatic rings. The molecular formula is C16H16BrClFNO. The van der Waals surface area contributed by atoms with E-state index in [1.54, 1.807) is 19.2 Å². The average Bonchev–Trinajstić information content (AvgIpc) is 2.45. The quantitative estimate of drug-likeness (QED) is 0.817. The smallest absolute Gasteiger partial charge is 0.124 e. The molecular weight excluding hydrogens is 357 g/mol. The first-order valence-corrected chi connectivity index (χ1v) is 7.67. The number of halogens is 3. The van der Waals surface area contributed by atoms with Crippen LogP contribution in [-0.4, -0.2) is 14.2 Å². The van der Waals surface area contributed by atoms with E-state index in [1.807, 2.05) is 19.2 Å². The van der Waals surface area contributed by atoms with Gasteiger partial charge in [-0.1, -0.05) is 33.6 Å². The highest BCUT2D eigenvalue weighted by Crippen LogP contribution is 2.31. The number of hydrogen-bond donors (Lipinski definition) is 1. The normalized spacial score (nSPS) is 12.2. The Morgan fingerprint density at radius 1 is 1.29 bits per heavy atom. The van der Waals surface area contributed by atoms with Crippen molar-refractivity contribution in [2.24, 2.45) is 0 Å². The largest absolute Gasteiger partial charge is 0.496 e. The first-order valence-electron chi connectivity index (χ1n) is 6.49. The van der Waals surface area contributed by atoms with Gasteiger partial charge in [-0.3, -0.25) is 0 Å². The molecule has 1 unspecified atom stereocenters. The molecule has 1 N–H and O–H groups in total. The van der Waals surface area contributed by atoms with Gasteiger partial charge in [0.1, 0.15) is 11.6 Å². The standard InChI is InChI=1S/C16H16BrClFNO/c1-20-15(13-5-4-12(19)9-14(13)17)8-10-7-11(18)3-6-16(10)21-2/h3-7,9,15,20H,8H2,1-2H3. The van der Waals surface area contributed by atoms with Crippen LogP contribution >= 0.6 is 27.5 Å². The number of hydrogen-bond acceptors (Lipinski definition) is 2. The number of ether oxygens (including phenoxy) is 1. The first kappa shape index (κ1) is 16.3. The van der Waals surface area contributed by atoms with E-state index >= 15 is 0 Å². The molecule has 2 aromatic carbocycles. The molecule has 0 aromatic heterocycles. The summed E-state index contributed by atoms with van der Waals surface area (Å²) >= 11 is 9.48. The summed E-state index contributed by atoms with van der Waals surface area (Å²) in [6, 6.07) is 10.3. The van der Waals surface area contributed by atoms with E-state index in [9.17, 15) is 4.39 Å². The van der Waals surface area contributed by atoms with E-state index < -0.39 is 0 Å². The van der Waals surface area contributed by atoms with E-state index in [2.05, 4.69) is 21.2 Å². The Kier molecular flexibility index (Phi) is 5.62. The van der Waals surface area contributed by atoms with Gasteiger partial charge in [0, 0.05) is 15.5 Å². The van der Waals surface area contributed by atoms with Crippen LogP contribution in [0.3, 0.4) is 0 Å². The van der Waals surface area contributed by atoms with Gasteiger partial charge in [-0.25, -0.2) is 4.39 Å². The molecule has 0 aliphatic heterocycles. The van der Waals surface area contributed by atoms with Crippen LogP contribution in [0.25, 0.3) is 0 Å². The lowest BCUT2D eigenvalue weighted by Gasteiger charge is -2.20. The average molecular weight is 373 g/mol. The van der Waals surface area contributed by atoms with Crippen molar-refractivity contribution >= 4 is 27.5 Å². The Hall–Kier alpha value is -1.10. The summed E-state index contributed by atoms with van der Waals surface area (Å²) in [5.74, 6) is 0.527. The fraction of sp³-hybridized carbons (Fsp3) is 0.250. The molecule has 2 aromatic rings. The van der Waals surface area contributed by atoms with Crippen molar-refractivity contribution in [2.75, 3.05) is 14.2 Å². The topological polar surface area (TPSA) is 21.3 Å². The minimum atomic E-state index is -0.263. The molecule has 5 heteroatoms. The van der Waals surface area contributed by atoms with Crippen LogP contribution in [0.15, 0.2) is 40.9 Å².